The Kier molecular flexibility index (Phi) is 6.99. The van der Waals surface area contributed by atoms with Crippen LogP contribution in [0, 0.1) is 5.92 Å². The number of piperazine rings is 1. The second kappa shape index (κ2) is 9.61. The van der Waals surface area contributed by atoms with E-state index < -0.39 is 10.2 Å². The van der Waals surface area contributed by atoms with E-state index in [9.17, 15) is 13.2 Å². The molecule has 2 unspecified atom stereocenters. The summed E-state index contributed by atoms with van der Waals surface area (Å²) in [5, 5.41) is 4.90. The lowest BCUT2D eigenvalue weighted by molar-refractivity contribution is 0.201. The van der Waals surface area contributed by atoms with Crippen LogP contribution < -0.4 is 15.2 Å². The normalized spacial score (nSPS) is 22.2. The third-order valence-corrected chi connectivity index (χ3v) is 8.44. The van der Waals surface area contributed by atoms with E-state index in [-0.39, 0.29) is 17.4 Å². The van der Waals surface area contributed by atoms with Gasteiger partial charge < -0.3 is 9.64 Å². The maximum absolute atomic E-state index is 13.5. The molecule has 2 atom stereocenters. The Bertz CT molecular complexity index is 1160. The van der Waals surface area contributed by atoms with Crippen molar-refractivity contribution >= 4 is 27.5 Å². The van der Waals surface area contributed by atoms with Gasteiger partial charge in [-0.15, -0.1) is 0 Å². The largest absolute Gasteiger partial charge is 0.483 e. The average Bonchev–Trinajstić information content (AvgIpc) is 3.19. The van der Waals surface area contributed by atoms with Gasteiger partial charge in [0.2, 0.25) is 5.75 Å². The maximum Gasteiger partial charge on any atom is 0.316 e. The molecule has 0 amide bonds. The Morgan fingerprint density at radius 2 is 1.88 bits per heavy atom. The van der Waals surface area contributed by atoms with Crippen LogP contribution in [0.4, 0.5) is 5.69 Å². The van der Waals surface area contributed by atoms with E-state index in [1.54, 1.807) is 30.5 Å². The second-order valence-corrected chi connectivity index (χ2v) is 11.5. The molecule has 2 aromatic rings. The molecule has 2 heterocycles. The van der Waals surface area contributed by atoms with Gasteiger partial charge in [-0.1, -0.05) is 24.6 Å². The molecule has 0 spiro atoms. The zero-order chi connectivity index (χ0) is 23.8. The third kappa shape index (κ3) is 5.03. The predicted molar refractivity (Wildman–Crippen MR) is 129 cm³/mol. The molecule has 1 aliphatic heterocycles. The first-order valence-corrected chi connectivity index (χ1v) is 12.9. The number of benzene rings is 1. The smallest absolute Gasteiger partial charge is 0.316 e. The first-order valence-electron chi connectivity index (χ1n) is 11.1. The molecule has 2 aliphatic rings. The van der Waals surface area contributed by atoms with Gasteiger partial charge in [0, 0.05) is 45.3 Å². The highest BCUT2D eigenvalue weighted by atomic mass is 35.5. The van der Waals surface area contributed by atoms with Gasteiger partial charge in [-0.3, -0.25) is 4.79 Å². The molecule has 1 saturated carbocycles. The molecule has 9 nitrogen and oxygen atoms in total. The van der Waals surface area contributed by atoms with Crippen molar-refractivity contribution in [3.8, 4) is 11.4 Å². The number of anilines is 1. The molecule has 1 aliphatic carbocycles. The molecule has 180 valence electrons. The molecule has 0 bridgehead atoms. The fraction of sp³-hybridized carbons (Fsp3) is 0.545. The molecule has 33 heavy (non-hydrogen) atoms. The minimum absolute atomic E-state index is 0.0305. The maximum atomic E-state index is 13.5. The van der Waals surface area contributed by atoms with E-state index in [0.717, 1.165) is 19.3 Å². The quantitative estimate of drug-likeness (QED) is 0.611. The topological polar surface area (TPSA) is 88.0 Å². The van der Waals surface area contributed by atoms with Gasteiger partial charge in [0.25, 0.3) is 10.2 Å². The molecule has 2 fully saturated rings. The monoisotopic (exact) mass is 495 g/mol. The Hall–Kier alpha value is -2.14. The molecule has 0 radical (unpaired) electrons. The molecular weight excluding hydrogens is 466 g/mol. The van der Waals surface area contributed by atoms with Crippen LogP contribution in [-0.2, 0) is 10.2 Å². The average molecular weight is 496 g/mol. The van der Waals surface area contributed by atoms with Crippen molar-refractivity contribution in [1.82, 2.24) is 18.4 Å². The SMILES string of the molecule is CC1CCC(Oc2c(N3CCN(S(=O)(=O)N(C)C)CC3)cnn(-c3cccc(Cl)c3)c2=O)C1. The summed E-state index contributed by atoms with van der Waals surface area (Å²) in [6.07, 6.45) is 4.46. The Morgan fingerprint density at radius 1 is 1.15 bits per heavy atom. The number of aromatic nitrogens is 2. The second-order valence-electron chi connectivity index (χ2n) is 8.89. The highest BCUT2D eigenvalue weighted by Crippen LogP contribution is 2.32. The lowest BCUT2D eigenvalue weighted by Gasteiger charge is -2.36. The fourth-order valence-electron chi connectivity index (χ4n) is 4.38. The summed E-state index contributed by atoms with van der Waals surface area (Å²) in [6, 6.07) is 6.96. The van der Waals surface area contributed by atoms with Crippen molar-refractivity contribution in [1.29, 1.82) is 0 Å². The Morgan fingerprint density at radius 3 is 2.48 bits per heavy atom. The first-order chi connectivity index (χ1) is 15.7. The van der Waals surface area contributed by atoms with E-state index in [1.165, 1.54) is 27.4 Å². The molecule has 1 saturated heterocycles. The zero-order valence-corrected chi connectivity index (χ0v) is 20.7. The Balaban J connectivity index is 1.66. The van der Waals surface area contributed by atoms with Crippen molar-refractivity contribution in [2.24, 2.45) is 5.92 Å². The zero-order valence-electron chi connectivity index (χ0n) is 19.1. The van der Waals surface area contributed by atoms with E-state index in [1.807, 2.05) is 4.90 Å². The summed E-state index contributed by atoms with van der Waals surface area (Å²) in [4.78, 5) is 15.5. The summed E-state index contributed by atoms with van der Waals surface area (Å²) in [5.41, 5.74) is 0.808. The van der Waals surface area contributed by atoms with Crippen LogP contribution in [0.15, 0.2) is 35.3 Å². The highest BCUT2D eigenvalue weighted by molar-refractivity contribution is 7.86. The van der Waals surface area contributed by atoms with Gasteiger partial charge in [0.05, 0.1) is 18.0 Å². The third-order valence-electron chi connectivity index (χ3n) is 6.27. The van der Waals surface area contributed by atoms with Crippen molar-refractivity contribution < 1.29 is 13.2 Å². The number of nitrogens with zero attached hydrogens (tertiary/aromatic N) is 5. The minimum Gasteiger partial charge on any atom is -0.483 e. The van der Waals surface area contributed by atoms with E-state index in [2.05, 4.69) is 12.0 Å². The van der Waals surface area contributed by atoms with Crippen LogP contribution in [-0.4, -0.2) is 73.2 Å². The van der Waals surface area contributed by atoms with Crippen molar-refractivity contribution in [2.45, 2.75) is 32.3 Å². The van der Waals surface area contributed by atoms with Gasteiger partial charge in [-0.05, 0) is 43.4 Å². The number of hydrogen-bond donors (Lipinski definition) is 0. The predicted octanol–water partition coefficient (Wildman–Crippen LogP) is 2.38. The molecule has 0 N–H and O–H groups in total. The minimum atomic E-state index is -3.48. The number of rotatable bonds is 6. The molecule has 4 rings (SSSR count). The lowest BCUT2D eigenvalue weighted by Crippen LogP contribution is -2.52. The Labute approximate surface area is 199 Å². The van der Waals surface area contributed by atoms with Gasteiger partial charge in [-0.25, -0.2) is 0 Å². The number of ether oxygens (including phenoxy) is 1. The van der Waals surface area contributed by atoms with Crippen LogP contribution in [0.5, 0.6) is 5.75 Å². The summed E-state index contributed by atoms with van der Waals surface area (Å²) in [5.74, 6) is 0.809. The standard InChI is InChI=1S/C22H30ClN5O4S/c1-16-7-8-19(13-16)32-21-20(26-9-11-27(12-10-26)33(30,31)25(2)3)15-24-28(22(21)29)18-6-4-5-17(23)14-18/h4-6,14-16,19H,7-13H2,1-3H3. The summed E-state index contributed by atoms with van der Waals surface area (Å²) >= 11 is 6.13. The van der Waals surface area contributed by atoms with Crippen molar-refractivity contribution in [2.75, 3.05) is 45.2 Å². The van der Waals surface area contributed by atoms with Crippen LogP contribution in [0.1, 0.15) is 26.2 Å². The number of halogens is 1. The van der Waals surface area contributed by atoms with Crippen molar-refractivity contribution in [3.05, 3.63) is 45.8 Å². The van der Waals surface area contributed by atoms with Gasteiger partial charge in [0.1, 0.15) is 5.69 Å². The van der Waals surface area contributed by atoms with Crippen LogP contribution in [0.2, 0.25) is 5.02 Å². The summed E-state index contributed by atoms with van der Waals surface area (Å²) in [6.45, 7) is 3.70. The summed E-state index contributed by atoms with van der Waals surface area (Å²) in [7, 11) is -0.434. The number of hydrogen-bond acceptors (Lipinski definition) is 6. The van der Waals surface area contributed by atoms with Crippen molar-refractivity contribution in [3.63, 3.8) is 0 Å². The fourth-order valence-corrected chi connectivity index (χ4v) is 5.65. The first kappa shape index (κ1) is 24.0. The summed E-state index contributed by atoms with van der Waals surface area (Å²) < 4.78 is 35.2. The van der Waals surface area contributed by atoms with Crippen LogP contribution in [0.3, 0.4) is 0 Å². The van der Waals surface area contributed by atoms with Crippen LogP contribution >= 0.6 is 11.6 Å². The molecule has 1 aromatic carbocycles. The molecule has 1 aromatic heterocycles. The molecule has 11 heteroatoms. The highest BCUT2D eigenvalue weighted by Gasteiger charge is 2.32. The lowest BCUT2D eigenvalue weighted by atomic mass is 10.1. The van der Waals surface area contributed by atoms with Gasteiger partial charge >= 0.3 is 5.56 Å². The van der Waals surface area contributed by atoms with E-state index >= 15 is 0 Å². The van der Waals surface area contributed by atoms with E-state index in [4.69, 9.17) is 16.3 Å². The molecular formula is C22H30ClN5O4S. The van der Waals surface area contributed by atoms with Crippen LogP contribution in [0.25, 0.3) is 5.69 Å². The van der Waals surface area contributed by atoms with Gasteiger partial charge in [-0.2, -0.15) is 26.8 Å². The van der Waals surface area contributed by atoms with E-state index in [0.29, 0.717) is 48.5 Å². The van der Waals surface area contributed by atoms with Gasteiger partial charge in [0.15, 0.2) is 0 Å².